The SMILES string of the molecule is Cc1ccc(S(=O)(=O)N2CCN(CC(=O)Nc3ccc(Br)cn3)CC2)c(C)c1. The average molecular weight is 467 g/mol. The second-order valence-electron chi connectivity index (χ2n) is 6.86. The molecule has 1 aromatic heterocycles. The first-order chi connectivity index (χ1) is 13.3. The first-order valence-corrected chi connectivity index (χ1v) is 11.2. The van der Waals surface area contributed by atoms with Crippen molar-refractivity contribution in [2.75, 3.05) is 38.0 Å². The fraction of sp³-hybridized carbons (Fsp3) is 0.368. The summed E-state index contributed by atoms with van der Waals surface area (Å²) < 4.78 is 28.2. The molecule has 0 unspecified atom stereocenters. The fourth-order valence-electron chi connectivity index (χ4n) is 3.19. The molecule has 0 saturated carbocycles. The molecule has 3 rings (SSSR count). The Morgan fingerprint density at radius 2 is 1.86 bits per heavy atom. The highest BCUT2D eigenvalue weighted by Crippen LogP contribution is 2.22. The lowest BCUT2D eigenvalue weighted by molar-refractivity contribution is -0.117. The normalized spacial score (nSPS) is 16.1. The van der Waals surface area contributed by atoms with Crippen LogP contribution in [0.4, 0.5) is 5.82 Å². The van der Waals surface area contributed by atoms with Gasteiger partial charge in [0.05, 0.1) is 11.4 Å². The van der Waals surface area contributed by atoms with Crippen molar-refractivity contribution in [2.24, 2.45) is 0 Å². The summed E-state index contributed by atoms with van der Waals surface area (Å²) in [5, 5.41) is 2.75. The molecule has 1 amide bonds. The summed E-state index contributed by atoms with van der Waals surface area (Å²) in [4.78, 5) is 18.6. The van der Waals surface area contributed by atoms with Crippen LogP contribution in [0.5, 0.6) is 0 Å². The molecule has 1 N–H and O–H groups in total. The van der Waals surface area contributed by atoms with E-state index in [2.05, 4.69) is 26.2 Å². The van der Waals surface area contributed by atoms with Crippen molar-refractivity contribution in [1.82, 2.24) is 14.2 Å². The molecule has 0 aliphatic carbocycles. The summed E-state index contributed by atoms with van der Waals surface area (Å²) in [6, 6.07) is 8.89. The van der Waals surface area contributed by atoms with Gasteiger partial charge in [-0.05, 0) is 53.5 Å². The number of carbonyl (C=O) groups is 1. The van der Waals surface area contributed by atoms with E-state index in [1.54, 1.807) is 24.4 Å². The van der Waals surface area contributed by atoms with Gasteiger partial charge in [-0.2, -0.15) is 4.31 Å². The van der Waals surface area contributed by atoms with Crippen molar-refractivity contribution in [1.29, 1.82) is 0 Å². The van der Waals surface area contributed by atoms with Gasteiger partial charge in [0.15, 0.2) is 0 Å². The van der Waals surface area contributed by atoms with Crippen LogP contribution in [0.1, 0.15) is 11.1 Å². The molecule has 28 heavy (non-hydrogen) atoms. The summed E-state index contributed by atoms with van der Waals surface area (Å²) in [5.74, 6) is 0.324. The number of halogens is 1. The van der Waals surface area contributed by atoms with Crippen molar-refractivity contribution in [2.45, 2.75) is 18.7 Å². The van der Waals surface area contributed by atoms with Crippen LogP contribution in [0.15, 0.2) is 45.9 Å². The molecule has 7 nitrogen and oxygen atoms in total. The second-order valence-corrected chi connectivity index (χ2v) is 9.68. The third kappa shape index (κ3) is 4.96. The van der Waals surface area contributed by atoms with Gasteiger partial charge in [-0.25, -0.2) is 13.4 Å². The van der Waals surface area contributed by atoms with Gasteiger partial charge in [0.1, 0.15) is 5.82 Å². The van der Waals surface area contributed by atoms with Crippen LogP contribution in [-0.4, -0.2) is 61.2 Å². The van der Waals surface area contributed by atoms with E-state index >= 15 is 0 Å². The van der Waals surface area contributed by atoms with Gasteiger partial charge in [0, 0.05) is 36.8 Å². The number of sulfonamides is 1. The van der Waals surface area contributed by atoms with Crippen LogP contribution in [0.3, 0.4) is 0 Å². The van der Waals surface area contributed by atoms with Gasteiger partial charge in [-0.15, -0.1) is 0 Å². The quantitative estimate of drug-likeness (QED) is 0.731. The standard InChI is InChI=1S/C19H23BrN4O3S/c1-14-3-5-17(15(2)11-14)28(26,27)24-9-7-23(8-10-24)13-19(25)22-18-6-4-16(20)12-21-18/h3-6,11-12H,7-10,13H2,1-2H3,(H,21,22,25). The number of amides is 1. The predicted molar refractivity (Wildman–Crippen MR) is 112 cm³/mol. The predicted octanol–water partition coefficient (Wildman–Crippen LogP) is 2.41. The number of benzene rings is 1. The maximum absolute atomic E-state index is 12.9. The smallest absolute Gasteiger partial charge is 0.243 e. The molecule has 0 radical (unpaired) electrons. The molecule has 1 fully saturated rings. The monoisotopic (exact) mass is 466 g/mol. The number of piperazine rings is 1. The number of carbonyl (C=O) groups excluding carboxylic acids is 1. The van der Waals surface area contributed by atoms with E-state index in [0.29, 0.717) is 36.9 Å². The van der Waals surface area contributed by atoms with Crippen LogP contribution in [-0.2, 0) is 14.8 Å². The van der Waals surface area contributed by atoms with Crippen LogP contribution in [0.25, 0.3) is 0 Å². The third-order valence-corrected chi connectivity index (χ3v) is 7.17. The van der Waals surface area contributed by atoms with E-state index in [1.807, 2.05) is 30.9 Å². The molecular formula is C19H23BrN4O3S. The molecule has 9 heteroatoms. The molecule has 150 valence electrons. The number of anilines is 1. The first kappa shape index (κ1) is 20.9. The fourth-order valence-corrected chi connectivity index (χ4v) is 5.05. The number of hydrogen-bond donors (Lipinski definition) is 1. The lowest BCUT2D eigenvalue weighted by Crippen LogP contribution is -2.50. The van der Waals surface area contributed by atoms with Gasteiger partial charge >= 0.3 is 0 Å². The topological polar surface area (TPSA) is 82.6 Å². The maximum Gasteiger partial charge on any atom is 0.243 e. The van der Waals surface area contributed by atoms with E-state index in [9.17, 15) is 13.2 Å². The van der Waals surface area contributed by atoms with Crippen LogP contribution in [0, 0.1) is 13.8 Å². The highest BCUT2D eigenvalue weighted by Gasteiger charge is 2.30. The zero-order valence-corrected chi connectivity index (χ0v) is 18.3. The van der Waals surface area contributed by atoms with Gasteiger partial charge in [0.2, 0.25) is 15.9 Å². The van der Waals surface area contributed by atoms with Crippen molar-refractivity contribution >= 4 is 37.7 Å². The Balaban J connectivity index is 1.56. The largest absolute Gasteiger partial charge is 0.310 e. The molecule has 1 aliphatic rings. The zero-order valence-electron chi connectivity index (χ0n) is 15.9. The Kier molecular flexibility index (Phi) is 6.49. The zero-order chi connectivity index (χ0) is 20.3. The van der Waals surface area contributed by atoms with Crippen LogP contribution >= 0.6 is 15.9 Å². The van der Waals surface area contributed by atoms with E-state index < -0.39 is 10.0 Å². The van der Waals surface area contributed by atoms with Gasteiger partial charge in [-0.3, -0.25) is 9.69 Å². The van der Waals surface area contributed by atoms with Crippen LogP contribution in [0.2, 0.25) is 0 Å². The third-order valence-electron chi connectivity index (χ3n) is 4.64. The molecule has 1 saturated heterocycles. The Labute approximate surface area is 173 Å². The van der Waals surface area contributed by atoms with E-state index in [4.69, 9.17) is 0 Å². The van der Waals surface area contributed by atoms with Crippen molar-refractivity contribution in [3.63, 3.8) is 0 Å². The number of nitrogens with zero attached hydrogens (tertiary/aromatic N) is 3. The minimum Gasteiger partial charge on any atom is -0.310 e. The summed E-state index contributed by atoms with van der Waals surface area (Å²) in [7, 11) is -3.52. The van der Waals surface area contributed by atoms with Gasteiger partial charge in [-0.1, -0.05) is 17.7 Å². The Bertz CT molecular complexity index is 956. The number of nitrogens with one attached hydrogen (secondary N) is 1. The molecule has 0 bridgehead atoms. The lowest BCUT2D eigenvalue weighted by atomic mass is 10.2. The van der Waals surface area contributed by atoms with Crippen molar-refractivity contribution in [3.8, 4) is 0 Å². The van der Waals surface area contributed by atoms with E-state index in [1.165, 1.54) is 4.31 Å². The number of rotatable bonds is 5. The van der Waals surface area contributed by atoms with Crippen LogP contribution < -0.4 is 5.32 Å². The Morgan fingerprint density at radius 3 is 2.46 bits per heavy atom. The second kappa shape index (κ2) is 8.69. The molecule has 2 aromatic rings. The average Bonchev–Trinajstić information content (AvgIpc) is 2.64. The van der Waals surface area contributed by atoms with Crippen molar-refractivity contribution < 1.29 is 13.2 Å². The van der Waals surface area contributed by atoms with Gasteiger partial charge in [0.25, 0.3) is 0 Å². The van der Waals surface area contributed by atoms with E-state index in [0.717, 1.165) is 15.6 Å². The summed E-state index contributed by atoms with van der Waals surface area (Å²) in [6.07, 6.45) is 1.62. The molecule has 0 spiro atoms. The highest BCUT2D eigenvalue weighted by atomic mass is 79.9. The Morgan fingerprint density at radius 1 is 1.14 bits per heavy atom. The number of pyridine rings is 1. The molecule has 0 atom stereocenters. The number of aryl methyl sites for hydroxylation is 2. The van der Waals surface area contributed by atoms with Crippen molar-refractivity contribution in [3.05, 3.63) is 52.1 Å². The minimum atomic E-state index is -3.52. The maximum atomic E-state index is 12.9. The minimum absolute atomic E-state index is 0.166. The molecular weight excluding hydrogens is 444 g/mol. The van der Waals surface area contributed by atoms with Gasteiger partial charge < -0.3 is 5.32 Å². The summed E-state index contributed by atoms with van der Waals surface area (Å²) >= 11 is 3.30. The number of hydrogen-bond acceptors (Lipinski definition) is 5. The molecule has 1 aliphatic heterocycles. The number of aromatic nitrogens is 1. The molecule has 1 aromatic carbocycles. The molecule has 2 heterocycles. The highest BCUT2D eigenvalue weighted by molar-refractivity contribution is 9.10. The van der Waals surface area contributed by atoms with E-state index in [-0.39, 0.29) is 12.5 Å². The first-order valence-electron chi connectivity index (χ1n) is 8.97. The lowest BCUT2D eigenvalue weighted by Gasteiger charge is -2.33. The summed E-state index contributed by atoms with van der Waals surface area (Å²) in [5.41, 5.74) is 1.79. The Hall–Kier alpha value is -1.81. The summed E-state index contributed by atoms with van der Waals surface area (Å²) in [6.45, 7) is 5.69.